The fourth-order valence-electron chi connectivity index (χ4n) is 3.01. The molecule has 0 aliphatic rings. The summed E-state index contributed by atoms with van der Waals surface area (Å²) in [6.45, 7) is 4.64. The third kappa shape index (κ3) is 5.80. The van der Waals surface area contributed by atoms with E-state index in [1.165, 1.54) is 6.26 Å². The molecule has 1 atom stereocenters. The molecule has 0 spiro atoms. The van der Waals surface area contributed by atoms with Gasteiger partial charge in [-0.3, -0.25) is 9.59 Å². The summed E-state index contributed by atoms with van der Waals surface area (Å²) in [7, 11) is 0. The Morgan fingerprint density at radius 2 is 1.80 bits per heavy atom. The quantitative estimate of drug-likeness (QED) is 0.529. The van der Waals surface area contributed by atoms with Crippen molar-refractivity contribution in [2.45, 2.75) is 39.2 Å². The summed E-state index contributed by atoms with van der Waals surface area (Å²) in [6.07, 6.45) is 3.59. The van der Waals surface area contributed by atoms with Crippen molar-refractivity contribution in [2.75, 3.05) is 6.54 Å². The van der Waals surface area contributed by atoms with E-state index in [1.807, 2.05) is 61.5 Å². The second kappa shape index (κ2) is 10.4. The van der Waals surface area contributed by atoms with Crippen LogP contribution in [0.25, 0.3) is 11.5 Å². The van der Waals surface area contributed by atoms with E-state index in [1.54, 1.807) is 0 Å². The molecule has 6 heteroatoms. The van der Waals surface area contributed by atoms with Gasteiger partial charge in [-0.25, -0.2) is 4.98 Å². The van der Waals surface area contributed by atoms with E-state index in [0.717, 1.165) is 29.5 Å². The van der Waals surface area contributed by atoms with Gasteiger partial charge in [-0.2, -0.15) is 0 Å². The number of hydrogen-bond donors (Lipinski definition) is 2. The van der Waals surface area contributed by atoms with Crippen LogP contribution in [0.5, 0.6) is 0 Å². The van der Waals surface area contributed by atoms with Gasteiger partial charge >= 0.3 is 0 Å². The maximum atomic E-state index is 12.8. The standard InChI is InChI=1S/C24H27N3O3/c1-3-4-14-25-22(28)20(15-18-8-6-5-7-9-18)26-23(29)21-16-30-24(27-21)19-12-10-17(2)11-13-19/h5-13,16,20H,3-4,14-15H2,1-2H3,(H,25,28)(H,26,29). The molecule has 0 radical (unpaired) electrons. The molecule has 156 valence electrons. The summed E-state index contributed by atoms with van der Waals surface area (Å²) in [5, 5.41) is 5.71. The van der Waals surface area contributed by atoms with Crippen molar-refractivity contribution in [3.05, 3.63) is 77.7 Å². The average Bonchev–Trinajstić information content (AvgIpc) is 3.25. The molecule has 1 unspecified atom stereocenters. The number of amides is 2. The highest BCUT2D eigenvalue weighted by Gasteiger charge is 2.23. The smallest absolute Gasteiger partial charge is 0.273 e. The van der Waals surface area contributed by atoms with Gasteiger partial charge in [0.05, 0.1) is 0 Å². The molecule has 6 nitrogen and oxygen atoms in total. The number of nitrogens with zero attached hydrogens (tertiary/aromatic N) is 1. The Labute approximate surface area is 176 Å². The average molecular weight is 405 g/mol. The second-order valence-corrected chi connectivity index (χ2v) is 7.26. The molecule has 30 heavy (non-hydrogen) atoms. The normalized spacial score (nSPS) is 11.7. The summed E-state index contributed by atoms with van der Waals surface area (Å²) in [5.74, 6) is -0.279. The number of nitrogens with one attached hydrogen (secondary N) is 2. The number of hydrogen-bond acceptors (Lipinski definition) is 4. The van der Waals surface area contributed by atoms with Crippen LogP contribution in [-0.4, -0.2) is 29.4 Å². The van der Waals surface area contributed by atoms with Crippen LogP contribution in [0, 0.1) is 6.92 Å². The van der Waals surface area contributed by atoms with Crippen LogP contribution in [-0.2, 0) is 11.2 Å². The van der Waals surface area contributed by atoms with E-state index < -0.39 is 11.9 Å². The predicted octanol–water partition coefficient (Wildman–Crippen LogP) is 3.91. The van der Waals surface area contributed by atoms with Crippen molar-refractivity contribution in [2.24, 2.45) is 0 Å². The first-order valence-electron chi connectivity index (χ1n) is 10.2. The molecule has 2 aromatic carbocycles. The van der Waals surface area contributed by atoms with Crippen LogP contribution in [0.15, 0.2) is 65.3 Å². The minimum atomic E-state index is -0.698. The maximum absolute atomic E-state index is 12.8. The monoisotopic (exact) mass is 405 g/mol. The maximum Gasteiger partial charge on any atom is 0.273 e. The number of aromatic nitrogens is 1. The van der Waals surface area contributed by atoms with E-state index in [0.29, 0.717) is 18.9 Å². The number of carbonyl (C=O) groups excluding carboxylic acids is 2. The minimum absolute atomic E-state index is 0.144. The van der Waals surface area contributed by atoms with Crippen LogP contribution in [0.1, 0.15) is 41.4 Å². The molecule has 0 saturated carbocycles. The molecule has 0 fully saturated rings. The van der Waals surface area contributed by atoms with E-state index >= 15 is 0 Å². The number of unbranched alkanes of at least 4 members (excludes halogenated alkanes) is 1. The Hall–Kier alpha value is -3.41. The van der Waals surface area contributed by atoms with Gasteiger partial charge in [0.15, 0.2) is 5.69 Å². The summed E-state index contributed by atoms with van der Waals surface area (Å²) in [6, 6.07) is 16.6. The van der Waals surface area contributed by atoms with Crippen molar-refractivity contribution < 1.29 is 14.0 Å². The Kier molecular flexibility index (Phi) is 7.38. The highest BCUT2D eigenvalue weighted by atomic mass is 16.3. The number of carbonyl (C=O) groups is 2. The zero-order valence-corrected chi connectivity index (χ0v) is 17.4. The summed E-state index contributed by atoms with van der Waals surface area (Å²) < 4.78 is 5.48. The van der Waals surface area contributed by atoms with Gasteiger partial charge in [0.1, 0.15) is 12.3 Å². The lowest BCUT2D eigenvalue weighted by Crippen LogP contribution is -2.48. The lowest BCUT2D eigenvalue weighted by molar-refractivity contribution is -0.122. The fourth-order valence-corrected chi connectivity index (χ4v) is 3.01. The lowest BCUT2D eigenvalue weighted by atomic mass is 10.0. The van der Waals surface area contributed by atoms with E-state index in [9.17, 15) is 9.59 Å². The Balaban J connectivity index is 1.72. The first kappa shape index (κ1) is 21.3. The van der Waals surface area contributed by atoms with Crippen LogP contribution in [0.2, 0.25) is 0 Å². The third-order valence-electron chi connectivity index (χ3n) is 4.77. The van der Waals surface area contributed by atoms with Gasteiger partial charge in [0.2, 0.25) is 11.8 Å². The topological polar surface area (TPSA) is 84.2 Å². The van der Waals surface area contributed by atoms with Crippen molar-refractivity contribution in [1.82, 2.24) is 15.6 Å². The van der Waals surface area contributed by atoms with Gasteiger partial charge in [0.25, 0.3) is 5.91 Å². The number of aryl methyl sites for hydroxylation is 1. The van der Waals surface area contributed by atoms with Crippen molar-refractivity contribution >= 4 is 11.8 Å². The van der Waals surface area contributed by atoms with Crippen molar-refractivity contribution in [3.63, 3.8) is 0 Å². The molecular weight excluding hydrogens is 378 g/mol. The summed E-state index contributed by atoms with van der Waals surface area (Å²) >= 11 is 0. The third-order valence-corrected chi connectivity index (χ3v) is 4.77. The van der Waals surface area contributed by atoms with Crippen LogP contribution < -0.4 is 10.6 Å². The fraction of sp³-hybridized carbons (Fsp3) is 0.292. The Morgan fingerprint density at radius 3 is 2.50 bits per heavy atom. The number of oxazole rings is 1. The molecule has 2 amide bonds. The van der Waals surface area contributed by atoms with Crippen molar-refractivity contribution in [3.8, 4) is 11.5 Å². The molecular formula is C24H27N3O3. The summed E-state index contributed by atoms with van der Waals surface area (Å²) in [4.78, 5) is 29.7. The Bertz CT molecular complexity index is 965. The molecule has 0 saturated heterocycles. The van der Waals surface area contributed by atoms with Crippen LogP contribution in [0.4, 0.5) is 0 Å². The first-order chi connectivity index (χ1) is 14.6. The molecule has 0 aliphatic carbocycles. The molecule has 0 bridgehead atoms. The van der Waals surface area contributed by atoms with Crippen molar-refractivity contribution in [1.29, 1.82) is 0 Å². The Morgan fingerprint density at radius 1 is 1.07 bits per heavy atom. The first-order valence-corrected chi connectivity index (χ1v) is 10.2. The second-order valence-electron chi connectivity index (χ2n) is 7.26. The molecule has 3 rings (SSSR count). The van der Waals surface area contributed by atoms with Gasteiger partial charge in [-0.1, -0.05) is 61.4 Å². The van der Waals surface area contributed by atoms with E-state index in [2.05, 4.69) is 22.5 Å². The lowest BCUT2D eigenvalue weighted by Gasteiger charge is -2.18. The molecule has 0 aliphatic heterocycles. The van der Waals surface area contributed by atoms with Gasteiger partial charge < -0.3 is 15.1 Å². The highest BCUT2D eigenvalue weighted by Crippen LogP contribution is 2.19. The van der Waals surface area contributed by atoms with E-state index in [4.69, 9.17) is 4.42 Å². The largest absolute Gasteiger partial charge is 0.444 e. The van der Waals surface area contributed by atoms with E-state index in [-0.39, 0.29) is 11.6 Å². The SMILES string of the molecule is CCCCNC(=O)C(Cc1ccccc1)NC(=O)c1coc(-c2ccc(C)cc2)n1. The van der Waals surface area contributed by atoms with Gasteiger partial charge in [-0.15, -0.1) is 0 Å². The van der Waals surface area contributed by atoms with Gasteiger partial charge in [-0.05, 0) is 31.0 Å². The van der Waals surface area contributed by atoms with Crippen LogP contribution >= 0.6 is 0 Å². The predicted molar refractivity (Wildman–Crippen MR) is 116 cm³/mol. The highest BCUT2D eigenvalue weighted by molar-refractivity contribution is 5.96. The molecule has 2 N–H and O–H groups in total. The van der Waals surface area contributed by atoms with Gasteiger partial charge in [0, 0.05) is 18.5 Å². The molecule has 1 heterocycles. The number of benzene rings is 2. The summed E-state index contributed by atoms with van der Waals surface area (Å²) in [5.41, 5.74) is 3.03. The minimum Gasteiger partial charge on any atom is -0.444 e. The zero-order valence-electron chi connectivity index (χ0n) is 17.4. The zero-order chi connectivity index (χ0) is 21.3. The molecule has 3 aromatic rings. The van der Waals surface area contributed by atoms with Crippen LogP contribution in [0.3, 0.4) is 0 Å². The molecule has 1 aromatic heterocycles. The number of rotatable bonds is 9.